The number of rotatable bonds is 6. The molecular formula is C30H52O2. The first-order valence-electron chi connectivity index (χ1n) is 13.8. The van der Waals surface area contributed by atoms with Gasteiger partial charge in [-0.15, -0.1) is 0 Å². The van der Waals surface area contributed by atoms with Crippen LogP contribution in [-0.2, 0) is 4.74 Å². The summed E-state index contributed by atoms with van der Waals surface area (Å²) >= 11 is 0. The first-order chi connectivity index (χ1) is 14.8. The quantitative estimate of drug-likeness (QED) is 0.421. The van der Waals surface area contributed by atoms with Crippen molar-refractivity contribution < 1.29 is 9.84 Å². The number of fused-ring (bicyclic) bond motifs is 4. The second kappa shape index (κ2) is 8.40. The smallest absolute Gasteiger partial charge is 0.0625 e. The van der Waals surface area contributed by atoms with Crippen LogP contribution in [0.5, 0.6) is 0 Å². The molecule has 1 N–H and O–H groups in total. The minimum absolute atomic E-state index is 0.272. The fraction of sp³-hybridized carbons (Fsp3) is 0.933. The predicted octanol–water partition coefficient (Wildman–Crippen LogP) is 7.94. The zero-order valence-electron chi connectivity index (χ0n) is 22.5. The Kier molecular flexibility index (Phi) is 6.50. The summed E-state index contributed by atoms with van der Waals surface area (Å²) in [4.78, 5) is 0. The third kappa shape index (κ3) is 3.94. The van der Waals surface area contributed by atoms with Gasteiger partial charge in [0.2, 0.25) is 0 Å². The minimum atomic E-state index is -0.518. The molecule has 4 rings (SSSR count). The highest BCUT2D eigenvalue weighted by atomic mass is 16.5. The van der Waals surface area contributed by atoms with E-state index in [-0.39, 0.29) is 5.41 Å². The van der Waals surface area contributed by atoms with E-state index in [0.717, 1.165) is 36.5 Å². The Morgan fingerprint density at radius 3 is 2.41 bits per heavy atom. The van der Waals surface area contributed by atoms with E-state index < -0.39 is 5.60 Å². The van der Waals surface area contributed by atoms with Crippen LogP contribution in [0.15, 0.2) is 11.1 Å². The van der Waals surface area contributed by atoms with Crippen LogP contribution in [0.3, 0.4) is 0 Å². The van der Waals surface area contributed by atoms with Crippen molar-refractivity contribution in [1.82, 2.24) is 0 Å². The molecule has 7 atom stereocenters. The predicted molar refractivity (Wildman–Crippen MR) is 135 cm³/mol. The topological polar surface area (TPSA) is 29.5 Å². The van der Waals surface area contributed by atoms with Gasteiger partial charge in [0.15, 0.2) is 0 Å². The van der Waals surface area contributed by atoms with Gasteiger partial charge in [0.05, 0.1) is 11.7 Å². The van der Waals surface area contributed by atoms with Crippen LogP contribution < -0.4 is 0 Å². The van der Waals surface area contributed by atoms with Crippen LogP contribution in [0, 0.1) is 39.9 Å². The third-order valence-corrected chi connectivity index (χ3v) is 11.4. The highest BCUT2D eigenvalue weighted by Crippen LogP contribution is 2.68. The fourth-order valence-electron chi connectivity index (χ4n) is 9.73. The Hall–Kier alpha value is -0.340. The zero-order valence-corrected chi connectivity index (χ0v) is 22.5. The number of allylic oxidation sites excluding steroid dienone is 2. The number of ether oxygens (including phenoxy) is 1. The molecule has 32 heavy (non-hydrogen) atoms. The summed E-state index contributed by atoms with van der Waals surface area (Å²) in [7, 11) is 1.93. The second-order valence-corrected chi connectivity index (χ2v) is 14.0. The zero-order chi connectivity index (χ0) is 23.5. The minimum Gasteiger partial charge on any atom is -0.390 e. The molecule has 0 aromatic carbocycles. The Morgan fingerprint density at radius 1 is 1.03 bits per heavy atom. The highest BCUT2D eigenvalue weighted by molar-refractivity contribution is 5.35. The number of methoxy groups -OCH3 is 1. The van der Waals surface area contributed by atoms with Crippen molar-refractivity contribution in [1.29, 1.82) is 0 Å². The van der Waals surface area contributed by atoms with Crippen molar-refractivity contribution in [3.05, 3.63) is 11.1 Å². The van der Waals surface area contributed by atoms with Crippen LogP contribution >= 0.6 is 0 Å². The van der Waals surface area contributed by atoms with Crippen LogP contribution in [0.2, 0.25) is 0 Å². The van der Waals surface area contributed by atoms with E-state index >= 15 is 0 Å². The molecule has 0 radical (unpaired) electrons. The molecule has 7 unspecified atom stereocenters. The van der Waals surface area contributed by atoms with E-state index in [4.69, 9.17) is 4.74 Å². The van der Waals surface area contributed by atoms with Gasteiger partial charge in [-0.05, 0) is 112 Å². The van der Waals surface area contributed by atoms with Crippen LogP contribution in [-0.4, -0.2) is 23.9 Å². The van der Waals surface area contributed by atoms with Crippen molar-refractivity contribution in [2.45, 2.75) is 131 Å². The summed E-state index contributed by atoms with van der Waals surface area (Å²) in [6.07, 6.45) is 14.6. The van der Waals surface area contributed by atoms with E-state index in [9.17, 15) is 5.11 Å². The highest BCUT2D eigenvalue weighted by Gasteiger charge is 2.59. The Bertz CT molecular complexity index is 728. The van der Waals surface area contributed by atoms with Crippen molar-refractivity contribution in [3.63, 3.8) is 0 Å². The largest absolute Gasteiger partial charge is 0.390 e. The van der Waals surface area contributed by atoms with Gasteiger partial charge in [0.25, 0.3) is 0 Å². The SMILES string of the molecule is COC1CCC2(C)C3=C(CCC2C1(C)C)C1CCC(C(C)CCCC(C)(C)O)C1(C)CC3. The maximum atomic E-state index is 10.1. The average molecular weight is 445 g/mol. The average Bonchev–Trinajstić information content (AvgIpc) is 3.04. The summed E-state index contributed by atoms with van der Waals surface area (Å²) in [6, 6.07) is 0. The summed E-state index contributed by atoms with van der Waals surface area (Å²) in [6.45, 7) is 16.7. The number of aliphatic hydroxyl groups is 1. The molecule has 2 nitrogen and oxygen atoms in total. The summed E-state index contributed by atoms with van der Waals surface area (Å²) in [5, 5.41) is 10.1. The maximum absolute atomic E-state index is 10.1. The lowest BCUT2D eigenvalue weighted by atomic mass is 9.46. The molecule has 184 valence electrons. The lowest BCUT2D eigenvalue weighted by Crippen LogP contribution is -2.54. The lowest BCUT2D eigenvalue weighted by Gasteiger charge is -2.60. The summed E-state index contributed by atoms with van der Waals surface area (Å²) in [5.41, 5.74) is 4.45. The van der Waals surface area contributed by atoms with E-state index in [1.807, 2.05) is 32.1 Å². The molecule has 2 fully saturated rings. The molecule has 0 saturated heterocycles. The van der Waals surface area contributed by atoms with Gasteiger partial charge in [-0.1, -0.05) is 58.6 Å². The monoisotopic (exact) mass is 444 g/mol. The van der Waals surface area contributed by atoms with Gasteiger partial charge in [-0.3, -0.25) is 0 Å². The van der Waals surface area contributed by atoms with Crippen molar-refractivity contribution in [2.75, 3.05) is 7.11 Å². The molecule has 0 heterocycles. The van der Waals surface area contributed by atoms with Crippen LogP contribution in [0.4, 0.5) is 0 Å². The Balaban J connectivity index is 1.54. The van der Waals surface area contributed by atoms with Gasteiger partial charge in [-0.2, -0.15) is 0 Å². The van der Waals surface area contributed by atoms with Crippen molar-refractivity contribution >= 4 is 0 Å². The van der Waals surface area contributed by atoms with Crippen LogP contribution in [0.1, 0.15) is 119 Å². The summed E-state index contributed by atoms with van der Waals surface area (Å²) < 4.78 is 5.98. The van der Waals surface area contributed by atoms with Gasteiger partial charge in [-0.25, -0.2) is 0 Å². The Morgan fingerprint density at radius 2 is 1.75 bits per heavy atom. The van der Waals surface area contributed by atoms with Gasteiger partial charge >= 0.3 is 0 Å². The second-order valence-electron chi connectivity index (χ2n) is 14.0. The fourth-order valence-corrected chi connectivity index (χ4v) is 9.73. The Labute approximate surface area is 199 Å². The van der Waals surface area contributed by atoms with Gasteiger partial charge in [0.1, 0.15) is 0 Å². The maximum Gasteiger partial charge on any atom is 0.0625 e. The van der Waals surface area contributed by atoms with Gasteiger partial charge < -0.3 is 9.84 Å². The number of hydrogen-bond acceptors (Lipinski definition) is 2. The lowest BCUT2D eigenvalue weighted by molar-refractivity contribution is -0.110. The molecule has 4 aliphatic carbocycles. The molecular weight excluding hydrogens is 392 g/mol. The van der Waals surface area contributed by atoms with E-state index in [1.54, 1.807) is 0 Å². The standard InChI is InChI=1S/C30H52O2/c1-20(10-9-17-27(2,3)31)22-12-13-23-21-11-14-25-28(4,5)26(32-8)16-19-30(25,7)24(21)15-18-29(22,23)6/h20,22-23,25-26,31H,9-19H2,1-8H3. The molecule has 0 aliphatic heterocycles. The first-order valence-corrected chi connectivity index (χ1v) is 13.8. The molecule has 0 bridgehead atoms. The van der Waals surface area contributed by atoms with Crippen molar-refractivity contribution in [2.24, 2.45) is 39.9 Å². The van der Waals surface area contributed by atoms with Crippen molar-refractivity contribution in [3.8, 4) is 0 Å². The van der Waals surface area contributed by atoms with Crippen LogP contribution in [0.25, 0.3) is 0 Å². The van der Waals surface area contributed by atoms with Gasteiger partial charge in [0, 0.05) is 7.11 Å². The molecule has 0 spiro atoms. The molecule has 0 aromatic heterocycles. The third-order valence-electron chi connectivity index (χ3n) is 11.4. The van der Waals surface area contributed by atoms with E-state index in [0.29, 0.717) is 16.9 Å². The van der Waals surface area contributed by atoms with E-state index in [2.05, 4.69) is 34.6 Å². The molecule has 2 heteroatoms. The molecule has 2 saturated carbocycles. The summed E-state index contributed by atoms with van der Waals surface area (Å²) in [5.74, 6) is 3.22. The molecule has 0 amide bonds. The first kappa shape index (κ1) is 24.8. The van der Waals surface area contributed by atoms with E-state index in [1.165, 1.54) is 57.8 Å². The number of hydrogen-bond donors (Lipinski definition) is 1. The molecule has 4 aliphatic rings. The normalized spacial score (nSPS) is 42.3. The molecule has 0 aromatic rings.